The number of nitrogens with zero attached hydrogens (tertiary/aromatic N) is 4. The summed E-state index contributed by atoms with van der Waals surface area (Å²) in [6, 6.07) is 15.1. The smallest absolute Gasteiger partial charge is 0.243 e. The summed E-state index contributed by atoms with van der Waals surface area (Å²) in [4.78, 5) is 14.8. The van der Waals surface area contributed by atoms with Crippen LogP contribution >= 0.6 is 11.3 Å². The molecule has 2 aromatic carbocycles. The van der Waals surface area contributed by atoms with E-state index in [9.17, 15) is 13.2 Å². The van der Waals surface area contributed by atoms with Crippen LogP contribution in [0.3, 0.4) is 0 Å². The number of rotatable bonds is 6. The molecular formula is C22H25N5O3S2. The van der Waals surface area contributed by atoms with E-state index in [2.05, 4.69) is 15.5 Å². The quantitative estimate of drug-likeness (QED) is 0.594. The number of aromatic nitrogens is 2. The van der Waals surface area contributed by atoms with Gasteiger partial charge in [-0.25, -0.2) is 8.42 Å². The molecular weight excluding hydrogens is 446 g/mol. The third-order valence-corrected chi connectivity index (χ3v) is 8.28. The molecule has 0 saturated carbocycles. The fourth-order valence-corrected chi connectivity index (χ4v) is 6.08. The van der Waals surface area contributed by atoms with Crippen LogP contribution in [0.4, 0.5) is 5.13 Å². The van der Waals surface area contributed by atoms with Gasteiger partial charge in [0.25, 0.3) is 0 Å². The van der Waals surface area contributed by atoms with E-state index in [1.54, 1.807) is 6.07 Å². The van der Waals surface area contributed by atoms with E-state index in [1.165, 1.54) is 15.6 Å². The Hall–Kier alpha value is -2.66. The lowest BCUT2D eigenvalue weighted by Gasteiger charge is -2.33. The average Bonchev–Trinajstić information content (AvgIpc) is 3.24. The fourth-order valence-electron chi connectivity index (χ4n) is 3.59. The summed E-state index contributed by atoms with van der Waals surface area (Å²) in [5.74, 6) is -0.188. The van der Waals surface area contributed by atoms with Crippen LogP contribution in [0.25, 0.3) is 10.6 Å². The van der Waals surface area contributed by atoms with Crippen molar-refractivity contribution in [2.75, 3.05) is 38.0 Å². The first-order valence-electron chi connectivity index (χ1n) is 10.3. The van der Waals surface area contributed by atoms with E-state index >= 15 is 0 Å². The predicted molar refractivity (Wildman–Crippen MR) is 125 cm³/mol. The zero-order valence-electron chi connectivity index (χ0n) is 18.0. The molecule has 1 amide bonds. The molecule has 0 bridgehead atoms. The summed E-state index contributed by atoms with van der Waals surface area (Å²) in [6.07, 6.45) is 0. The molecule has 3 aromatic rings. The minimum atomic E-state index is -3.55. The van der Waals surface area contributed by atoms with E-state index in [-0.39, 0.29) is 12.5 Å². The van der Waals surface area contributed by atoms with Gasteiger partial charge in [-0.1, -0.05) is 53.8 Å². The highest BCUT2D eigenvalue weighted by Crippen LogP contribution is 2.26. The zero-order valence-corrected chi connectivity index (χ0v) is 19.6. The molecule has 10 heteroatoms. The molecule has 1 aliphatic rings. The van der Waals surface area contributed by atoms with Gasteiger partial charge in [-0.15, -0.1) is 10.2 Å². The third-order valence-electron chi connectivity index (χ3n) is 5.35. The second-order valence-corrected chi connectivity index (χ2v) is 10.7. The average molecular weight is 472 g/mol. The number of piperazine rings is 1. The zero-order chi connectivity index (χ0) is 22.7. The van der Waals surface area contributed by atoms with Gasteiger partial charge in [-0.05, 0) is 31.0 Å². The monoisotopic (exact) mass is 471 g/mol. The maximum atomic E-state index is 13.1. The first kappa shape index (κ1) is 22.5. The van der Waals surface area contributed by atoms with Gasteiger partial charge in [0.05, 0.1) is 11.4 Å². The summed E-state index contributed by atoms with van der Waals surface area (Å²) in [5, 5.41) is 12.2. The number of carbonyl (C=O) groups is 1. The molecule has 0 radical (unpaired) electrons. The molecule has 168 valence electrons. The van der Waals surface area contributed by atoms with Crippen LogP contribution < -0.4 is 5.32 Å². The summed E-state index contributed by atoms with van der Waals surface area (Å²) in [6.45, 7) is 5.54. The Balaban J connectivity index is 1.32. The number of benzene rings is 2. The highest BCUT2D eigenvalue weighted by atomic mass is 32.2. The molecule has 1 saturated heterocycles. The van der Waals surface area contributed by atoms with Crippen LogP contribution in [-0.4, -0.2) is 66.5 Å². The Morgan fingerprint density at radius 3 is 2.47 bits per heavy atom. The molecule has 0 unspecified atom stereocenters. The Bertz CT molecular complexity index is 1200. The minimum Gasteiger partial charge on any atom is -0.299 e. The molecule has 8 nitrogen and oxygen atoms in total. The van der Waals surface area contributed by atoms with Crippen LogP contribution in [0.1, 0.15) is 11.1 Å². The normalized spacial score (nSPS) is 15.6. The van der Waals surface area contributed by atoms with Crippen molar-refractivity contribution >= 4 is 32.4 Å². The molecule has 0 aliphatic carbocycles. The number of hydrogen-bond acceptors (Lipinski definition) is 7. The van der Waals surface area contributed by atoms with Gasteiger partial charge in [0.1, 0.15) is 5.01 Å². The number of aryl methyl sites for hydroxylation is 2. The number of amides is 1. The van der Waals surface area contributed by atoms with Crippen LogP contribution in [0.15, 0.2) is 53.4 Å². The van der Waals surface area contributed by atoms with Crippen molar-refractivity contribution < 1.29 is 13.2 Å². The number of nitrogens with one attached hydrogen (secondary N) is 1. The highest BCUT2D eigenvalue weighted by Gasteiger charge is 2.30. The maximum Gasteiger partial charge on any atom is 0.243 e. The topological polar surface area (TPSA) is 95.5 Å². The van der Waals surface area contributed by atoms with Crippen molar-refractivity contribution in [2.45, 2.75) is 18.7 Å². The maximum absolute atomic E-state index is 13.1. The van der Waals surface area contributed by atoms with Crippen molar-refractivity contribution in [3.63, 3.8) is 0 Å². The first-order valence-corrected chi connectivity index (χ1v) is 12.6. The standard InChI is InChI=1S/C22H25N5O3S2/c1-16-8-9-17(2)19(14-16)32(29,30)27-12-10-26(11-13-27)15-20(28)23-22-25-24-21(31-22)18-6-4-3-5-7-18/h3-9,14H,10-13,15H2,1-2H3,(H,23,25,28). The summed E-state index contributed by atoms with van der Waals surface area (Å²) >= 11 is 1.32. The lowest BCUT2D eigenvalue weighted by atomic mass is 10.2. The molecule has 1 fully saturated rings. The number of sulfonamides is 1. The van der Waals surface area contributed by atoms with Crippen LogP contribution in [0.5, 0.6) is 0 Å². The SMILES string of the molecule is Cc1ccc(C)c(S(=O)(=O)N2CCN(CC(=O)Nc3nnc(-c4ccccc4)s3)CC2)c1. The van der Waals surface area contributed by atoms with Gasteiger partial charge in [0, 0.05) is 31.7 Å². The number of anilines is 1. The largest absolute Gasteiger partial charge is 0.299 e. The van der Waals surface area contributed by atoms with E-state index in [1.807, 2.05) is 61.2 Å². The van der Waals surface area contributed by atoms with Crippen LogP contribution in [-0.2, 0) is 14.8 Å². The second kappa shape index (κ2) is 9.45. The van der Waals surface area contributed by atoms with Gasteiger partial charge in [0.2, 0.25) is 21.1 Å². The summed E-state index contributed by atoms with van der Waals surface area (Å²) in [5.41, 5.74) is 2.60. The summed E-state index contributed by atoms with van der Waals surface area (Å²) < 4.78 is 27.6. The molecule has 1 aromatic heterocycles. The van der Waals surface area contributed by atoms with E-state index in [0.717, 1.165) is 21.7 Å². The van der Waals surface area contributed by atoms with Gasteiger partial charge >= 0.3 is 0 Å². The highest BCUT2D eigenvalue weighted by molar-refractivity contribution is 7.89. The Labute approximate surface area is 191 Å². The van der Waals surface area contributed by atoms with E-state index in [0.29, 0.717) is 36.2 Å². The van der Waals surface area contributed by atoms with Crippen molar-refractivity contribution in [1.29, 1.82) is 0 Å². The predicted octanol–water partition coefficient (Wildman–Crippen LogP) is 2.77. The Morgan fingerprint density at radius 2 is 1.75 bits per heavy atom. The molecule has 0 spiro atoms. The third kappa shape index (κ3) is 5.04. The van der Waals surface area contributed by atoms with Crippen LogP contribution in [0, 0.1) is 13.8 Å². The molecule has 32 heavy (non-hydrogen) atoms. The lowest BCUT2D eigenvalue weighted by Crippen LogP contribution is -2.50. The van der Waals surface area contributed by atoms with Gasteiger partial charge < -0.3 is 0 Å². The molecule has 0 atom stereocenters. The van der Waals surface area contributed by atoms with Crippen molar-refractivity contribution in [3.05, 3.63) is 59.7 Å². The van der Waals surface area contributed by atoms with Gasteiger partial charge in [-0.3, -0.25) is 15.0 Å². The second-order valence-electron chi connectivity index (χ2n) is 7.78. The first-order chi connectivity index (χ1) is 15.3. The molecule has 1 N–H and O–H groups in total. The Morgan fingerprint density at radius 1 is 1.03 bits per heavy atom. The molecule has 2 heterocycles. The van der Waals surface area contributed by atoms with E-state index in [4.69, 9.17) is 0 Å². The van der Waals surface area contributed by atoms with Crippen molar-refractivity contribution in [2.24, 2.45) is 0 Å². The van der Waals surface area contributed by atoms with Crippen molar-refractivity contribution in [1.82, 2.24) is 19.4 Å². The number of carbonyl (C=O) groups excluding carboxylic acids is 1. The van der Waals surface area contributed by atoms with Gasteiger partial charge in [-0.2, -0.15) is 4.31 Å². The Kier molecular flexibility index (Phi) is 6.66. The number of hydrogen-bond donors (Lipinski definition) is 1. The lowest BCUT2D eigenvalue weighted by molar-refractivity contribution is -0.117. The summed E-state index contributed by atoms with van der Waals surface area (Å²) in [7, 11) is -3.55. The molecule has 4 rings (SSSR count). The van der Waals surface area contributed by atoms with Crippen LogP contribution in [0.2, 0.25) is 0 Å². The molecule has 1 aliphatic heterocycles. The van der Waals surface area contributed by atoms with Crippen molar-refractivity contribution in [3.8, 4) is 10.6 Å². The fraction of sp³-hybridized carbons (Fsp3) is 0.318. The minimum absolute atomic E-state index is 0.178. The van der Waals surface area contributed by atoms with E-state index < -0.39 is 10.0 Å². The van der Waals surface area contributed by atoms with Gasteiger partial charge in [0.15, 0.2) is 0 Å².